The normalized spacial score (nSPS) is 12.6. The Morgan fingerprint density at radius 2 is 2.28 bits per heavy atom. The highest BCUT2D eigenvalue weighted by Crippen LogP contribution is 2.15. The van der Waals surface area contributed by atoms with Crippen molar-refractivity contribution in [2.75, 3.05) is 6.61 Å². The maximum Gasteiger partial charge on any atom is 0.220 e. The van der Waals surface area contributed by atoms with E-state index >= 15 is 0 Å². The molecule has 3 N–H and O–H groups in total. The van der Waals surface area contributed by atoms with Crippen LogP contribution in [0.1, 0.15) is 18.9 Å². The molecule has 1 unspecified atom stereocenters. The Hall–Kier alpha value is -1.81. The smallest absolute Gasteiger partial charge is 0.220 e. The second-order valence-electron chi connectivity index (χ2n) is 4.55. The lowest BCUT2D eigenvalue weighted by Crippen LogP contribution is -2.35. The van der Waals surface area contributed by atoms with Crippen LogP contribution in [0.4, 0.5) is 0 Å². The average Bonchev–Trinajstić information content (AvgIpc) is 2.83. The quantitative estimate of drug-likeness (QED) is 0.750. The SMILES string of the molecule is CC(CO)NC(=O)CCc1ccc2[nH]ccc2c1. The van der Waals surface area contributed by atoms with Crippen molar-refractivity contribution < 1.29 is 9.90 Å². The maximum absolute atomic E-state index is 11.6. The number of aryl methyl sites for hydroxylation is 1. The first-order valence-corrected chi connectivity index (χ1v) is 6.15. The number of nitrogens with one attached hydrogen (secondary N) is 2. The number of benzene rings is 1. The Morgan fingerprint density at radius 3 is 3.06 bits per heavy atom. The van der Waals surface area contributed by atoms with Gasteiger partial charge in [-0.3, -0.25) is 4.79 Å². The predicted molar refractivity (Wildman–Crippen MR) is 71.3 cm³/mol. The van der Waals surface area contributed by atoms with Gasteiger partial charge >= 0.3 is 0 Å². The highest BCUT2D eigenvalue weighted by molar-refractivity contribution is 5.80. The van der Waals surface area contributed by atoms with Gasteiger partial charge in [0.25, 0.3) is 0 Å². The van der Waals surface area contributed by atoms with E-state index in [0.29, 0.717) is 12.8 Å². The van der Waals surface area contributed by atoms with Crippen LogP contribution in [0.5, 0.6) is 0 Å². The van der Waals surface area contributed by atoms with E-state index in [1.165, 1.54) is 0 Å². The minimum atomic E-state index is -0.176. The van der Waals surface area contributed by atoms with Crippen LogP contribution in [-0.2, 0) is 11.2 Å². The summed E-state index contributed by atoms with van der Waals surface area (Å²) in [5, 5.41) is 12.7. The third kappa shape index (κ3) is 3.11. The predicted octanol–water partition coefficient (Wildman–Crippen LogP) is 1.60. The van der Waals surface area contributed by atoms with Crippen molar-refractivity contribution in [2.45, 2.75) is 25.8 Å². The number of rotatable bonds is 5. The maximum atomic E-state index is 11.6. The van der Waals surface area contributed by atoms with Gasteiger partial charge in [-0.05, 0) is 42.5 Å². The summed E-state index contributed by atoms with van der Waals surface area (Å²) >= 11 is 0. The van der Waals surface area contributed by atoms with Gasteiger partial charge in [-0.15, -0.1) is 0 Å². The monoisotopic (exact) mass is 246 g/mol. The summed E-state index contributed by atoms with van der Waals surface area (Å²) in [7, 11) is 0. The minimum Gasteiger partial charge on any atom is -0.394 e. The highest BCUT2D eigenvalue weighted by atomic mass is 16.3. The summed E-state index contributed by atoms with van der Waals surface area (Å²) in [6.45, 7) is 1.75. The van der Waals surface area contributed by atoms with E-state index in [9.17, 15) is 4.79 Å². The van der Waals surface area contributed by atoms with E-state index in [1.807, 2.05) is 24.4 Å². The summed E-state index contributed by atoms with van der Waals surface area (Å²) in [5.41, 5.74) is 2.26. The van der Waals surface area contributed by atoms with Crippen LogP contribution in [-0.4, -0.2) is 28.6 Å². The van der Waals surface area contributed by atoms with E-state index in [2.05, 4.69) is 16.4 Å². The van der Waals surface area contributed by atoms with Crippen LogP contribution in [0.15, 0.2) is 30.5 Å². The van der Waals surface area contributed by atoms with Crippen molar-refractivity contribution in [3.8, 4) is 0 Å². The van der Waals surface area contributed by atoms with Gasteiger partial charge < -0.3 is 15.4 Å². The molecule has 0 bridgehead atoms. The molecule has 4 heteroatoms. The van der Waals surface area contributed by atoms with Gasteiger partial charge in [-0.2, -0.15) is 0 Å². The van der Waals surface area contributed by atoms with Crippen molar-refractivity contribution in [2.24, 2.45) is 0 Å². The van der Waals surface area contributed by atoms with Crippen molar-refractivity contribution in [3.63, 3.8) is 0 Å². The van der Waals surface area contributed by atoms with E-state index in [1.54, 1.807) is 6.92 Å². The molecular weight excluding hydrogens is 228 g/mol. The lowest BCUT2D eigenvalue weighted by atomic mass is 10.1. The van der Waals surface area contributed by atoms with E-state index in [4.69, 9.17) is 5.11 Å². The zero-order chi connectivity index (χ0) is 13.0. The number of fused-ring (bicyclic) bond motifs is 1. The number of hydrogen-bond donors (Lipinski definition) is 3. The molecule has 96 valence electrons. The fraction of sp³-hybridized carbons (Fsp3) is 0.357. The van der Waals surface area contributed by atoms with Gasteiger partial charge in [0.15, 0.2) is 0 Å². The van der Waals surface area contributed by atoms with Crippen LogP contribution < -0.4 is 5.32 Å². The van der Waals surface area contributed by atoms with Gasteiger partial charge in [0.2, 0.25) is 5.91 Å². The Morgan fingerprint density at radius 1 is 1.44 bits per heavy atom. The summed E-state index contributed by atoms with van der Waals surface area (Å²) < 4.78 is 0. The fourth-order valence-corrected chi connectivity index (χ4v) is 1.91. The lowest BCUT2D eigenvalue weighted by molar-refractivity contribution is -0.121. The summed E-state index contributed by atoms with van der Waals surface area (Å²) in [6, 6.07) is 7.99. The zero-order valence-electron chi connectivity index (χ0n) is 10.4. The summed E-state index contributed by atoms with van der Waals surface area (Å²) in [4.78, 5) is 14.7. The largest absolute Gasteiger partial charge is 0.394 e. The molecule has 0 aliphatic heterocycles. The number of amides is 1. The van der Waals surface area contributed by atoms with Gasteiger partial charge in [-0.25, -0.2) is 0 Å². The number of carbonyl (C=O) groups excluding carboxylic acids is 1. The number of aliphatic hydroxyl groups excluding tert-OH is 1. The highest BCUT2D eigenvalue weighted by Gasteiger charge is 2.06. The fourth-order valence-electron chi connectivity index (χ4n) is 1.91. The van der Waals surface area contributed by atoms with E-state index in [0.717, 1.165) is 16.5 Å². The number of aliphatic hydroxyl groups is 1. The molecule has 4 nitrogen and oxygen atoms in total. The minimum absolute atomic E-state index is 0.0225. The van der Waals surface area contributed by atoms with Crippen LogP contribution in [0.25, 0.3) is 10.9 Å². The number of aromatic amines is 1. The van der Waals surface area contributed by atoms with Crippen LogP contribution in [0, 0.1) is 0 Å². The van der Waals surface area contributed by atoms with Crippen LogP contribution in [0.3, 0.4) is 0 Å². The van der Waals surface area contributed by atoms with E-state index < -0.39 is 0 Å². The summed E-state index contributed by atoms with van der Waals surface area (Å²) in [6.07, 6.45) is 3.06. The van der Waals surface area contributed by atoms with Crippen LogP contribution >= 0.6 is 0 Å². The van der Waals surface area contributed by atoms with E-state index in [-0.39, 0.29) is 18.6 Å². The van der Waals surface area contributed by atoms with Gasteiger partial charge in [0.1, 0.15) is 0 Å². The molecule has 2 rings (SSSR count). The van der Waals surface area contributed by atoms with Gasteiger partial charge in [0.05, 0.1) is 6.61 Å². The molecule has 0 saturated heterocycles. The average molecular weight is 246 g/mol. The molecule has 2 aromatic rings. The second kappa shape index (κ2) is 5.69. The second-order valence-corrected chi connectivity index (χ2v) is 4.55. The third-order valence-electron chi connectivity index (χ3n) is 2.94. The number of hydrogen-bond acceptors (Lipinski definition) is 2. The first-order chi connectivity index (χ1) is 8.69. The molecule has 0 spiro atoms. The molecular formula is C14H18N2O2. The number of aromatic nitrogens is 1. The molecule has 1 atom stereocenters. The van der Waals surface area contributed by atoms with Crippen molar-refractivity contribution >= 4 is 16.8 Å². The molecule has 1 aromatic carbocycles. The number of H-pyrrole nitrogens is 1. The van der Waals surface area contributed by atoms with Gasteiger partial charge in [-0.1, -0.05) is 6.07 Å². The van der Waals surface area contributed by atoms with Crippen molar-refractivity contribution in [1.29, 1.82) is 0 Å². The zero-order valence-corrected chi connectivity index (χ0v) is 10.4. The Kier molecular flexibility index (Phi) is 3.99. The lowest BCUT2D eigenvalue weighted by Gasteiger charge is -2.10. The standard InChI is InChI=1S/C14H18N2O2/c1-10(9-17)16-14(18)5-3-11-2-4-13-12(8-11)6-7-15-13/h2,4,6-8,10,15,17H,3,5,9H2,1H3,(H,16,18). The molecule has 0 fully saturated rings. The Bertz CT molecular complexity index is 533. The molecule has 0 radical (unpaired) electrons. The molecule has 1 amide bonds. The molecule has 18 heavy (non-hydrogen) atoms. The number of carbonyl (C=O) groups is 1. The van der Waals surface area contributed by atoms with Gasteiger partial charge in [0, 0.05) is 24.2 Å². The van der Waals surface area contributed by atoms with Crippen LogP contribution in [0.2, 0.25) is 0 Å². The Labute approximate surface area is 106 Å². The van der Waals surface area contributed by atoms with Crippen molar-refractivity contribution in [3.05, 3.63) is 36.0 Å². The molecule has 0 aliphatic carbocycles. The first-order valence-electron chi connectivity index (χ1n) is 6.15. The molecule has 0 saturated carbocycles. The summed E-state index contributed by atoms with van der Waals surface area (Å²) in [5.74, 6) is -0.0225. The molecule has 1 aromatic heterocycles. The molecule has 0 aliphatic rings. The van der Waals surface area contributed by atoms with Crippen molar-refractivity contribution in [1.82, 2.24) is 10.3 Å². The first kappa shape index (κ1) is 12.6. The Balaban J connectivity index is 1.91. The third-order valence-corrected chi connectivity index (χ3v) is 2.94. The molecule has 1 heterocycles. The topological polar surface area (TPSA) is 65.1 Å².